The van der Waals surface area contributed by atoms with Crippen molar-refractivity contribution in [1.82, 2.24) is 19.7 Å². The van der Waals surface area contributed by atoms with Crippen LogP contribution < -0.4 is 5.32 Å². The van der Waals surface area contributed by atoms with Gasteiger partial charge in [0.1, 0.15) is 5.82 Å². The van der Waals surface area contributed by atoms with Gasteiger partial charge in [-0.3, -0.25) is 4.79 Å². The highest BCUT2D eigenvalue weighted by Crippen LogP contribution is 2.43. The molecule has 2 aromatic heterocycles. The van der Waals surface area contributed by atoms with Crippen molar-refractivity contribution >= 4 is 67.4 Å². The Hall–Kier alpha value is -4.44. The lowest BCUT2D eigenvalue weighted by atomic mass is 10.0. The molecule has 6 nitrogen and oxygen atoms in total. The molecule has 0 spiro atoms. The predicted octanol–water partition coefficient (Wildman–Crippen LogP) is 8.78. The number of carbonyl (C=O) groups is 1. The second kappa shape index (κ2) is 13.3. The van der Waals surface area contributed by atoms with E-state index in [0.717, 1.165) is 26.1 Å². The van der Waals surface area contributed by atoms with Crippen molar-refractivity contribution < 1.29 is 4.79 Å². The van der Waals surface area contributed by atoms with Gasteiger partial charge < -0.3 is 9.88 Å². The molecule has 0 fully saturated rings. The summed E-state index contributed by atoms with van der Waals surface area (Å²) in [7, 11) is 1.95. The molecule has 2 heterocycles. The van der Waals surface area contributed by atoms with Crippen molar-refractivity contribution in [2.75, 3.05) is 11.1 Å². The first-order valence-electron chi connectivity index (χ1n) is 14.6. The van der Waals surface area contributed by atoms with E-state index in [2.05, 4.69) is 100 Å². The van der Waals surface area contributed by atoms with Crippen LogP contribution in [-0.2, 0) is 18.3 Å². The number of anilines is 1. The zero-order valence-corrected chi connectivity index (χ0v) is 26.9. The molecule has 0 atom stereocenters. The van der Waals surface area contributed by atoms with Crippen molar-refractivity contribution in [2.24, 2.45) is 7.05 Å². The number of amides is 1. The molecule has 0 aliphatic heterocycles. The largest absolute Gasteiger partial charge is 0.325 e. The number of thioether (sulfide) groups is 2. The van der Waals surface area contributed by atoms with Gasteiger partial charge in [-0.05, 0) is 45.7 Å². The van der Waals surface area contributed by atoms with Crippen LogP contribution >= 0.6 is 34.9 Å². The van der Waals surface area contributed by atoms with Gasteiger partial charge in [-0.1, -0.05) is 127 Å². The Morgan fingerprint density at radius 2 is 1.56 bits per heavy atom. The summed E-state index contributed by atoms with van der Waals surface area (Å²) in [5, 5.41) is 15.1. The normalized spacial score (nSPS) is 11.4. The van der Waals surface area contributed by atoms with Crippen LogP contribution in [0.4, 0.5) is 5.69 Å². The van der Waals surface area contributed by atoms with Crippen molar-refractivity contribution in [3.63, 3.8) is 0 Å². The standard InChI is InChI=1S/C36H29N5OS3/c1-41-32(21-27-17-10-16-24-11-8-9-18-29(24)27)39-40-35(41)43-23-33(42)37-28-19-20-30-31(22-28)44-36(38-30)45-34(25-12-4-2-5-13-25)26-14-6-3-7-15-26/h2-20,22,34H,21,23H2,1H3,(H,37,42). The number of benzene rings is 5. The predicted molar refractivity (Wildman–Crippen MR) is 187 cm³/mol. The van der Waals surface area contributed by atoms with Crippen LogP contribution in [0.3, 0.4) is 0 Å². The minimum atomic E-state index is -0.0923. The number of carbonyl (C=O) groups excluding carboxylic acids is 1. The Kier molecular flexibility index (Phi) is 8.64. The monoisotopic (exact) mass is 643 g/mol. The van der Waals surface area contributed by atoms with Crippen molar-refractivity contribution in [1.29, 1.82) is 0 Å². The highest BCUT2D eigenvalue weighted by Gasteiger charge is 2.19. The van der Waals surface area contributed by atoms with Crippen molar-refractivity contribution in [3.8, 4) is 0 Å². The molecule has 0 unspecified atom stereocenters. The third-order valence-electron chi connectivity index (χ3n) is 7.56. The number of nitrogens with one attached hydrogen (secondary N) is 1. The van der Waals surface area contributed by atoms with Gasteiger partial charge in [0.25, 0.3) is 0 Å². The topological polar surface area (TPSA) is 72.7 Å². The molecule has 5 aromatic carbocycles. The average Bonchev–Trinajstić information content (AvgIpc) is 3.65. The van der Waals surface area contributed by atoms with Gasteiger partial charge in [-0.25, -0.2) is 4.98 Å². The first-order valence-corrected chi connectivity index (χ1v) is 17.2. The van der Waals surface area contributed by atoms with E-state index in [1.807, 2.05) is 48.0 Å². The highest BCUT2D eigenvalue weighted by atomic mass is 32.2. The second-order valence-electron chi connectivity index (χ2n) is 10.6. The fourth-order valence-corrected chi connectivity index (χ4v) is 8.44. The number of thiazole rings is 1. The van der Waals surface area contributed by atoms with E-state index in [9.17, 15) is 4.79 Å². The van der Waals surface area contributed by atoms with Crippen molar-refractivity contribution in [2.45, 2.75) is 21.2 Å². The van der Waals surface area contributed by atoms with E-state index in [0.29, 0.717) is 11.6 Å². The number of hydrogen-bond donors (Lipinski definition) is 1. The maximum absolute atomic E-state index is 12.9. The first-order chi connectivity index (χ1) is 22.1. The summed E-state index contributed by atoms with van der Waals surface area (Å²) < 4.78 is 4.00. The summed E-state index contributed by atoms with van der Waals surface area (Å²) in [5.41, 5.74) is 5.36. The molecule has 0 saturated heterocycles. The summed E-state index contributed by atoms with van der Waals surface area (Å²) >= 11 is 4.78. The van der Waals surface area contributed by atoms with Gasteiger partial charge in [0.15, 0.2) is 9.50 Å². The summed E-state index contributed by atoms with van der Waals surface area (Å²) in [6, 6.07) is 41.6. The van der Waals surface area contributed by atoms with Gasteiger partial charge in [-0.15, -0.1) is 21.5 Å². The lowest BCUT2D eigenvalue weighted by Crippen LogP contribution is -2.14. The Balaban J connectivity index is 1.00. The number of rotatable bonds is 10. The Morgan fingerprint density at radius 3 is 2.33 bits per heavy atom. The molecule has 0 bridgehead atoms. The van der Waals surface area contributed by atoms with E-state index in [-0.39, 0.29) is 16.9 Å². The number of fused-ring (bicyclic) bond motifs is 2. The summed E-state index contributed by atoms with van der Waals surface area (Å²) in [4.78, 5) is 17.8. The fourth-order valence-electron chi connectivity index (χ4n) is 5.29. The van der Waals surface area contributed by atoms with Gasteiger partial charge >= 0.3 is 0 Å². The molecular weight excluding hydrogens is 615 g/mol. The lowest BCUT2D eigenvalue weighted by molar-refractivity contribution is -0.113. The summed E-state index contributed by atoms with van der Waals surface area (Å²) in [6.07, 6.45) is 0.671. The van der Waals surface area contributed by atoms with Gasteiger partial charge in [-0.2, -0.15) is 0 Å². The zero-order chi connectivity index (χ0) is 30.6. The van der Waals surface area contributed by atoms with E-state index in [1.165, 1.54) is 39.2 Å². The van der Waals surface area contributed by atoms with Crippen LogP contribution in [0, 0.1) is 0 Å². The fraction of sp³-hybridized carbons (Fsp3) is 0.111. The molecule has 0 saturated carbocycles. The Labute approximate surface area is 273 Å². The lowest BCUT2D eigenvalue weighted by Gasteiger charge is -2.16. The molecule has 45 heavy (non-hydrogen) atoms. The van der Waals surface area contributed by atoms with Crippen LogP contribution in [0.25, 0.3) is 21.0 Å². The molecular formula is C36H29N5OS3. The van der Waals surface area contributed by atoms with E-state index >= 15 is 0 Å². The molecule has 1 N–H and O–H groups in total. The minimum Gasteiger partial charge on any atom is -0.325 e. The van der Waals surface area contributed by atoms with Crippen LogP contribution in [-0.4, -0.2) is 31.4 Å². The smallest absolute Gasteiger partial charge is 0.234 e. The summed E-state index contributed by atoms with van der Waals surface area (Å²) in [6.45, 7) is 0. The van der Waals surface area contributed by atoms with Gasteiger partial charge in [0, 0.05) is 19.2 Å². The average molecular weight is 644 g/mol. The molecule has 7 rings (SSSR count). The molecule has 7 aromatic rings. The van der Waals surface area contributed by atoms with E-state index < -0.39 is 0 Å². The molecule has 9 heteroatoms. The third-order valence-corrected chi connectivity index (χ3v) is 11.0. The number of nitrogens with zero attached hydrogens (tertiary/aromatic N) is 4. The van der Waals surface area contributed by atoms with Crippen LogP contribution in [0.5, 0.6) is 0 Å². The molecule has 1 amide bonds. The second-order valence-corrected chi connectivity index (χ2v) is 13.9. The van der Waals surface area contributed by atoms with Crippen LogP contribution in [0.15, 0.2) is 131 Å². The van der Waals surface area contributed by atoms with E-state index in [1.54, 1.807) is 23.1 Å². The van der Waals surface area contributed by atoms with Gasteiger partial charge in [0.05, 0.1) is 21.2 Å². The molecule has 0 radical (unpaired) electrons. The zero-order valence-electron chi connectivity index (χ0n) is 24.5. The first kappa shape index (κ1) is 29.3. The Morgan fingerprint density at radius 1 is 0.844 bits per heavy atom. The Bertz CT molecular complexity index is 2050. The maximum Gasteiger partial charge on any atom is 0.234 e. The number of aromatic nitrogens is 4. The highest BCUT2D eigenvalue weighted by molar-refractivity contribution is 8.01. The molecule has 0 aliphatic carbocycles. The van der Waals surface area contributed by atoms with Crippen LogP contribution in [0.2, 0.25) is 0 Å². The van der Waals surface area contributed by atoms with Crippen LogP contribution in [0.1, 0.15) is 27.8 Å². The molecule has 0 aliphatic rings. The maximum atomic E-state index is 12.9. The molecule has 222 valence electrons. The minimum absolute atomic E-state index is 0.0923. The van der Waals surface area contributed by atoms with Crippen molar-refractivity contribution in [3.05, 3.63) is 144 Å². The quantitative estimate of drug-likeness (QED) is 0.150. The summed E-state index contributed by atoms with van der Waals surface area (Å²) in [5.74, 6) is 1.00. The SMILES string of the molecule is Cn1c(Cc2cccc3ccccc23)nnc1SCC(=O)Nc1ccc2nc(SC(c3ccccc3)c3ccccc3)sc2c1. The van der Waals surface area contributed by atoms with E-state index in [4.69, 9.17) is 4.98 Å². The number of hydrogen-bond acceptors (Lipinski definition) is 7. The third kappa shape index (κ3) is 6.66. The van der Waals surface area contributed by atoms with Gasteiger partial charge in [0.2, 0.25) is 5.91 Å².